The Balaban J connectivity index is 3.20. The van der Waals surface area contributed by atoms with Crippen LogP contribution in [0.5, 0.6) is 0 Å². The SMILES string of the molecule is CCOC(=O)c1sc(C(C)(C)C)c(Br)c1N. The molecule has 0 atom stereocenters. The smallest absolute Gasteiger partial charge is 0.350 e. The highest BCUT2D eigenvalue weighted by atomic mass is 79.9. The molecule has 1 rings (SSSR count). The number of hydrogen-bond acceptors (Lipinski definition) is 4. The molecule has 0 aliphatic heterocycles. The lowest BCUT2D eigenvalue weighted by molar-refractivity contribution is 0.0533. The van der Waals surface area contributed by atoms with Crippen LogP contribution in [0.25, 0.3) is 0 Å². The van der Waals surface area contributed by atoms with Gasteiger partial charge in [0.1, 0.15) is 4.88 Å². The Hall–Kier alpha value is -0.550. The Morgan fingerprint density at radius 2 is 2.06 bits per heavy atom. The molecule has 0 saturated carbocycles. The maximum Gasteiger partial charge on any atom is 0.350 e. The largest absolute Gasteiger partial charge is 0.462 e. The van der Waals surface area contributed by atoms with Crippen LogP contribution < -0.4 is 5.73 Å². The van der Waals surface area contributed by atoms with Crippen LogP contribution in [0.2, 0.25) is 0 Å². The van der Waals surface area contributed by atoms with Gasteiger partial charge in [-0.1, -0.05) is 20.8 Å². The van der Waals surface area contributed by atoms with E-state index in [0.29, 0.717) is 17.2 Å². The summed E-state index contributed by atoms with van der Waals surface area (Å²) in [4.78, 5) is 13.2. The summed E-state index contributed by atoms with van der Waals surface area (Å²) in [6.45, 7) is 8.38. The van der Waals surface area contributed by atoms with Gasteiger partial charge in [0.2, 0.25) is 0 Å². The average Bonchev–Trinajstić information content (AvgIpc) is 2.44. The standard InChI is InChI=1S/C11H16BrNO2S/c1-5-15-10(14)8-7(13)6(12)9(16-8)11(2,3)4/h5,13H2,1-4H3. The van der Waals surface area contributed by atoms with Crippen molar-refractivity contribution >= 4 is 38.9 Å². The molecule has 1 aromatic heterocycles. The highest BCUT2D eigenvalue weighted by Gasteiger charge is 2.27. The van der Waals surface area contributed by atoms with E-state index in [-0.39, 0.29) is 11.4 Å². The number of nitrogens with two attached hydrogens (primary N) is 1. The second-order valence-corrected chi connectivity index (χ2v) is 6.27. The van der Waals surface area contributed by atoms with Gasteiger partial charge in [-0.2, -0.15) is 0 Å². The molecule has 0 saturated heterocycles. The van der Waals surface area contributed by atoms with Gasteiger partial charge in [0, 0.05) is 4.88 Å². The Bertz CT molecular complexity index is 407. The highest BCUT2D eigenvalue weighted by Crippen LogP contribution is 2.42. The molecule has 0 radical (unpaired) electrons. The topological polar surface area (TPSA) is 52.3 Å². The minimum Gasteiger partial charge on any atom is -0.462 e. The molecule has 0 aliphatic carbocycles. The number of nitrogen functional groups attached to an aromatic ring is 1. The van der Waals surface area contributed by atoms with Gasteiger partial charge < -0.3 is 10.5 Å². The van der Waals surface area contributed by atoms with Crippen molar-refractivity contribution in [3.8, 4) is 0 Å². The van der Waals surface area contributed by atoms with Crippen LogP contribution in [0, 0.1) is 0 Å². The van der Waals surface area contributed by atoms with Crippen LogP contribution in [-0.4, -0.2) is 12.6 Å². The summed E-state index contributed by atoms with van der Waals surface area (Å²) in [6, 6.07) is 0. The highest BCUT2D eigenvalue weighted by molar-refractivity contribution is 9.10. The maximum absolute atomic E-state index is 11.6. The maximum atomic E-state index is 11.6. The van der Waals surface area contributed by atoms with Crippen LogP contribution >= 0.6 is 27.3 Å². The molecular formula is C11H16BrNO2S. The Morgan fingerprint density at radius 3 is 2.44 bits per heavy atom. The van der Waals surface area contributed by atoms with Crippen molar-refractivity contribution in [3.05, 3.63) is 14.2 Å². The molecular weight excluding hydrogens is 290 g/mol. The lowest BCUT2D eigenvalue weighted by atomic mass is 9.94. The molecule has 2 N–H and O–H groups in total. The summed E-state index contributed by atoms with van der Waals surface area (Å²) >= 11 is 4.83. The number of carbonyl (C=O) groups is 1. The zero-order chi connectivity index (χ0) is 12.5. The summed E-state index contributed by atoms with van der Waals surface area (Å²) in [6.07, 6.45) is 0. The normalized spacial score (nSPS) is 11.6. The summed E-state index contributed by atoms with van der Waals surface area (Å²) in [7, 11) is 0. The Labute approximate surface area is 108 Å². The number of carbonyl (C=O) groups excluding carboxylic acids is 1. The first-order chi connectivity index (χ1) is 7.29. The first kappa shape index (κ1) is 13.5. The Morgan fingerprint density at radius 1 is 1.50 bits per heavy atom. The zero-order valence-electron chi connectivity index (χ0n) is 9.89. The van der Waals surface area contributed by atoms with Gasteiger partial charge in [-0.25, -0.2) is 4.79 Å². The van der Waals surface area contributed by atoms with Gasteiger partial charge in [-0.3, -0.25) is 0 Å². The zero-order valence-corrected chi connectivity index (χ0v) is 12.3. The molecule has 90 valence electrons. The van der Waals surface area contributed by atoms with Crippen LogP contribution in [0.15, 0.2) is 4.47 Å². The van der Waals surface area contributed by atoms with E-state index in [1.807, 2.05) is 0 Å². The van der Waals surface area contributed by atoms with Crippen molar-refractivity contribution in [2.24, 2.45) is 0 Å². The van der Waals surface area contributed by atoms with E-state index in [0.717, 1.165) is 9.35 Å². The van der Waals surface area contributed by atoms with E-state index in [2.05, 4.69) is 36.7 Å². The number of hydrogen-bond donors (Lipinski definition) is 1. The molecule has 0 spiro atoms. The third-order valence-corrected chi connectivity index (χ3v) is 4.72. The molecule has 0 aliphatic rings. The third-order valence-electron chi connectivity index (χ3n) is 2.03. The second kappa shape index (κ2) is 4.75. The number of anilines is 1. The fourth-order valence-electron chi connectivity index (χ4n) is 1.25. The van der Waals surface area contributed by atoms with Crippen LogP contribution in [0.4, 0.5) is 5.69 Å². The van der Waals surface area contributed by atoms with Gasteiger partial charge in [-0.05, 0) is 28.3 Å². The van der Waals surface area contributed by atoms with Crippen molar-refractivity contribution in [3.63, 3.8) is 0 Å². The second-order valence-electron chi connectivity index (χ2n) is 4.46. The van der Waals surface area contributed by atoms with Crippen molar-refractivity contribution in [1.29, 1.82) is 0 Å². The molecule has 3 nitrogen and oxygen atoms in total. The first-order valence-electron chi connectivity index (χ1n) is 5.04. The predicted octanol–water partition coefficient (Wildman–Crippen LogP) is 3.57. The average molecular weight is 306 g/mol. The molecule has 1 aromatic rings. The van der Waals surface area contributed by atoms with Gasteiger partial charge in [0.05, 0.1) is 16.8 Å². The van der Waals surface area contributed by atoms with Crippen molar-refractivity contribution in [1.82, 2.24) is 0 Å². The van der Waals surface area contributed by atoms with Crippen molar-refractivity contribution < 1.29 is 9.53 Å². The summed E-state index contributed by atoms with van der Waals surface area (Å²) < 4.78 is 5.77. The fraction of sp³-hybridized carbons (Fsp3) is 0.545. The van der Waals surface area contributed by atoms with Gasteiger partial charge in [0.25, 0.3) is 0 Å². The predicted molar refractivity (Wildman–Crippen MR) is 71.1 cm³/mol. The molecule has 1 heterocycles. The molecule has 0 aromatic carbocycles. The quantitative estimate of drug-likeness (QED) is 0.850. The molecule has 0 amide bonds. The molecule has 5 heteroatoms. The number of rotatable bonds is 2. The van der Waals surface area contributed by atoms with Gasteiger partial charge in [0.15, 0.2) is 0 Å². The lowest BCUT2D eigenvalue weighted by Gasteiger charge is -2.16. The third kappa shape index (κ3) is 2.58. The first-order valence-corrected chi connectivity index (χ1v) is 6.65. The minimum atomic E-state index is -0.346. The van der Waals surface area contributed by atoms with E-state index < -0.39 is 0 Å². The fourth-order valence-corrected chi connectivity index (χ4v) is 3.49. The number of halogens is 1. The van der Waals surface area contributed by atoms with Crippen molar-refractivity contribution in [2.75, 3.05) is 12.3 Å². The van der Waals surface area contributed by atoms with E-state index in [4.69, 9.17) is 10.5 Å². The monoisotopic (exact) mass is 305 g/mol. The summed E-state index contributed by atoms with van der Waals surface area (Å²) in [5, 5.41) is 0. The van der Waals surface area contributed by atoms with E-state index in [1.165, 1.54) is 11.3 Å². The van der Waals surface area contributed by atoms with Crippen molar-refractivity contribution in [2.45, 2.75) is 33.1 Å². The summed E-state index contributed by atoms with van der Waals surface area (Å²) in [5.41, 5.74) is 6.33. The molecule has 16 heavy (non-hydrogen) atoms. The van der Waals surface area contributed by atoms with Gasteiger partial charge >= 0.3 is 5.97 Å². The number of ether oxygens (including phenoxy) is 1. The molecule has 0 unspecified atom stereocenters. The molecule has 0 bridgehead atoms. The lowest BCUT2D eigenvalue weighted by Crippen LogP contribution is -2.09. The van der Waals surface area contributed by atoms with E-state index >= 15 is 0 Å². The van der Waals surface area contributed by atoms with Gasteiger partial charge in [-0.15, -0.1) is 11.3 Å². The summed E-state index contributed by atoms with van der Waals surface area (Å²) in [5.74, 6) is -0.346. The molecule has 0 fully saturated rings. The van der Waals surface area contributed by atoms with Crippen LogP contribution in [0.1, 0.15) is 42.2 Å². The van der Waals surface area contributed by atoms with E-state index in [1.54, 1.807) is 6.92 Å². The van der Waals surface area contributed by atoms with Crippen LogP contribution in [0.3, 0.4) is 0 Å². The Kier molecular flexibility index (Phi) is 4.02. The number of esters is 1. The number of thiophene rings is 1. The minimum absolute atomic E-state index is 0.0393. The van der Waals surface area contributed by atoms with E-state index in [9.17, 15) is 4.79 Å². The van der Waals surface area contributed by atoms with Crippen LogP contribution in [-0.2, 0) is 10.2 Å².